The third-order valence-corrected chi connectivity index (χ3v) is 3.04. The largest absolute Gasteiger partial charge is 0.381 e. The molecule has 11 heavy (non-hydrogen) atoms. The molecule has 2 N–H and O–H groups in total. The summed E-state index contributed by atoms with van der Waals surface area (Å²) in [5.41, 5.74) is 6.01. The number of nitrogens with two attached hydrogens (primary N) is 1. The molecule has 2 aliphatic rings. The van der Waals surface area contributed by atoms with Gasteiger partial charge < -0.3 is 15.2 Å². The molecule has 1 unspecified atom stereocenters. The predicted molar refractivity (Wildman–Crippen MR) is 41.2 cm³/mol. The SMILES string of the molecule is NCC1(C2COC2)CCOC1. The van der Waals surface area contributed by atoms with Crippen molar-refractivity contribution in [2.75, 3.05) is 33.0 Å². The maximum Gasteiger partial charge on any atom is 0.0539 e. The van der Waals surface area contributed by atoms with E-state index in [2.05, 4.69) is 0 Å². The molecule has 0 aliphatic carbocycles. The van der Waals surface area contributed by atoms with Crippen LogP contribution in [0, 0.1) is 11.3 Å². The average molecular weight is 157 g/mol. The zero-order valence-electron chi connectivity index (χ0n) is 6.71. The quantitative estimate of drug-likeness (QED) is 0.613. The minimum Gasteiger partial charge on any atom is -0.381 e. The molecule has 64 valence electrons. The topological polar surface area (TPSA) is 44.5 Å². The van der Waals surface area contributed by atoms with E-state index in [0.29, 0.717) is 5.92 Å². The highest BCUT2D eigenvalue weighted by molar-refractivity contribution is 4.93. The van der Waals surface area contributed by atoms with Gasteiger partial charge in [0.15, 0.2) is 0 Å². The highest BCUT2D eigenvalue weighted by atomic mass is 16.5. The molecule has 0 bridgehead atoms. The van der Waals surface area contributed by atoms with Crippen LogP contribution < -0.4 is 5.73 Å². The first-order chi connectivity index (χ1) is 5.37. The molecule has 0 spiro atoms. The summed E-state index contributed by atoms with van der Waals surface area (Å²) in [6, 6.07) is 0. The molecular weight excluding hydrogens is 142 g/mol. The summed E-state index contributed by atoms with van der Waals surface area (Å²) in [7, 11) is 0. The van der Waals surface area contributed by atoms with Gasteiger partial charge in [-0.1, -0.05) is 0 Å². The summed E-state index contributed by atoms with van der Waals surface area (Å²) in [4.78, 5) is 0. The van der Waals surface area contributed by atoms with Gasteiger partial charge in [0.2, 0.25) is 0 Å². The van der Waals surface area contributed by atoms with Gasteiger partial charge >= 0.3 is 0 Å². The molecule has 0 aromatic rings. The Labute approximate surface area is 66.8 Å². The van der Waals surface area contributed by atoms with Crippen molar-refractivity contribution in [3.63, 3.8) is 0 Å². The highest BCUT2D eigenvalue weighted by Gasteiger charge is 2.44. The summed E-state index contributed by atoms with van der Waals surface area (Å²) in [5, 5.41) is 0. The first kappa shape index (κ1) is 7.53. The Balaban J connectivity index is 2.02. The van der Waals surface area contributed by atoms with Crippen molar-refractivity contribution in [1.29, 1.82) is 0 Å². The Hall–Kier alpha value is -0.120. The van der Waals surface area contributed by atoms with Crippen molar-refractivity contribution in [2.45, 2.75) is 6.42 Å². The number of hydrogen-bond acceptors (Lipinski definition) is 3. The second-order valence-electron chi connectivity index (χ2n) is 3.60. The first-order valence-electron chi connectivity index (χ1n) is 4.23. The third kappa shape index (κ3) is 1.08. The van der Waals surface area contributed by atoms with E-state index in [9.17, 15) is 0 Å². The van der Waals surface area contributed by atoms with Gasteiger partial charge in [0.05, 0.1) is 19.8 Å². The summed E-state index contributed by atoms with van der Waals surface area (Å²) in [6.45, 7) is 4.26. The van der Waals surface area contributed by atoms with Crippen LogP contribution in [0.25, 0.3) is 0 Å². The highest BCUT2D eigenvalue weighted by Crippen LogP contribution is 2.39. The molecule has 0 aromatic carbocycles. The normalized spacial score (nSPS) is 39.0. The van der Waals surface area contributed by atoms with Gasteiger partial charge in [0, 0.05) is 24.5 Å². The minimum atomic E-state index is 0.262. The van der Waals surface area contributed by atoms with E-state index in [0.717, 1.165) is 39.4 Å². The molecule has 3 heteroatoms. The fourth-order valence-electron chi connectivity index (χ4n) is 1.86. The van der Waals surface area contributed by atoms with Crippen molar-refractivity contribution in [3.05, 3.63) is 0 Å². The van der Waals surface area contributed by atoms with Crippen LogP contribution >= 0.6 is 0 Å². The van der Waals surface area contributed by atoms with Gasteiger partial charge in [-0.3, -0.25) is 0 Å². The van der Waals surface area contributed by atoms with Crippen LogP contribution in [-0.4, -0.2) is 33.0 Å². The summed E-state index contributed by atoms with van der Waals surface area (Å²) in [5.74, 6) is 0.662. The Morgan fingerprint density at radius 2 is 2.18 bits per heavy atom. The van der Waals surface area contributed by atoms with E-state index < -0.39 is 0 Å². The molecule has 2 fully saturated rings. The van der Waals surface area contributed by atoms with Gasteiger partial charge in [-0.2, -0.15) is 0 Å². The van der Waals surface area contributed by atoms with Crippen LogP contribution in [0.1, 0.15) is 6.42 Å². The van der Waals surface area contributed by atoms with Gasteiger partial charge in [0.25, 0.3) is 0 Å². The zero-order valence-corrected chi connectivity index (χ0v) is 6.71. The van der Waals surface area contributed by atoms with Crippen LogP contribution in [0.15, 0.2) is 0 Å². The van der Waals surface area contributed by atoms with E-state index in [1.807, 2.05) is 0 Å². The van der Waals surface area contributed by atoms with E-state index in [-0.39, 0.29) is 5.41 Å². The van der Waals surface area contributed by atoms with Crippen molar-refractivity contribution in [1.82, 2.24) is 0 Å². The van der Waals surface area contributed by atoms with Crippen LogP contribution in [-0.2, 0) is 9.47 Å². The molecule has 3 nitrogen and oxygen atoms in total. The summed E-state index contributed by atoms with van der Waals surface area (Å²) in [6.07, 6.45) is 1.12. The van der Waals surface area contributed by atoms with Gasteiger partial charge in [-0.15, -0.1) is 0 Å². The fourth-order valence-corrected chi connectivity index (χ4v) is 1.86. The van der Waals surface area contributed by atoms with Gasteiger partial charge in [-0.05, 0) is 6.42 Å². The Morgan fingerprint density at radius 1 is 1.36 bits per heavy atom. The molecule has 0 aromatic heterocycles. The average Bonchev–Trinajstić information content (AvgIpc) is 2.34. The van der Waals surface area contributed by atoms with Crippen LogP contribution in [0.5, 0.6) is 0 Å². The number of ether oxygens (including phenoxy) is 2. The first-order valence-corrected chi connectivity index (χ1v) is 4.23. The lowest BCUT2D eigenvalue weighted by Crippen LogP contribution is -2.48. The van der Waals surface area contributed by atoms with Crippen LogP contribution in [0.2, 0.25) is 0 Å². The molecule has 0 radical (unpaired) electrons. The maximum absolute atomic E-state index is 5.74. The maximum atomic E-state index is 5.74. The second-order valence-corrected chi connectivity index (χ2v) is 3.60. The Bertz CT molecular complexity index is 139. The second kappa shape index (κ2) is 2.73. The number of hydrogen-bond donors (Lipinski definition) is 1. The van der Waals surface area contributed by atoms with E-state index >= 15 is 0 Å². The molecule has 2 rings (SSSR count). The van der Waals surface area contributed by atoms with E-state index in [1.54, 1.807) is 0 Å². The zero-order chi connectivity index (χ0) is 7.73. The Morgan fingerprint density at radius 3 is 2.55 bits per heavy atom. The standard InChI is InChI=1S/C8H15NO2/c9-5-8(1-2-10-6-8)7-3-11-4-7/h7H,1-6,9H2. The summed E-state index contributed by atoms with van der Waals surface area (Å²) >= 11 is 0. The van der Waals surface area contributed by atoms with Crippen molar-refractivity contribution >= 4 is 0 Å². The van der Waals surface area contributed by atoms with Crippen molar-refractivity contribution < 1.29 is 9.47 Å². The van der Waals surface area contributed by atoms with Gasteiger partial charge in [-0.25, -0.2) is 0 Å². The minimum absolute atomic E-state index is 0.262. The molecular formula is C8H15NO2. The lowest BCUT2D eigenvalue weighted by Gasteiger charge is -2.40. The lowest BCUT2D eigenvalue weighted by atomic mass is 9.74. The van der Waals surface area contributed by atoms with Crippen LogP contribution in [0.4, 0.5) is 0 Å². The van der Waals surface area contributed by atoms with Crippen LogP contribution in [0.3, 0.4) is 0 Å². The molecule has 0 saturated carbocycles. The lowest BCUT2D eigenvalue weighted by molar-refractivity contribution is -0.0973. The molecule has 2 saturated heterocycles. The smallest absolute Gasteiger partial charge is 0.0539 e. The van der Waals surface area contributed by atoms with E-state index in [4.69, 9.17) is 15.2 Å². The van der Waals surface area contributed by atoms with Crippen molar-refractivity contribution in [2.24, 2.45) is 17.1 Å². The fraction of sp³-hybridized carbons (Fsp3) is 1.00. The van der Waals surface area contributed by atoms with E-state index in [1.165, 1.54) is 0 Å². The number of rotatable bonds is 2. The predicted octanol–water partition coefficient (Wildman–Crippen LogP) is -0.00180. The molecule has 0 amide bonds. The molecule has 2 heterocycles. The third-order valence-electron chi connectivity index (χ3n) is 3.04. The molecule has 1 atom stereocenters. The van der Waals surface area contributed by atoms with Gasteiger partial charge in [0.1, 0.15) is 0 Å². The summed E-state index contributed by atoms with van der Waals surface area (Å²) < 4.78 is 10.5. The monoisotopic (exact) mass is 157 g/mol. The Kier molecular flexibility index (Phi) is 1.87. The molecule has 2 aliphatic heterocycles. The van der Waals surface area contributed by atoms with Crippen molar-refractivity contribution in [3.8, 4) is 0 Å².